The van der Waals surface area contributed by atoms with Crippen molar-refractivity contribution in [3.8, 4) is 44.5 Å². The molecule has 10 aromatic rings. The van der Waals surface area contributed by atoms with E-state index in [0.717, 1.165) is 17.1 Å². The Bertz CT molecular complexity index is 2940. The first-order valence-electron chi connectivity index (χ1n) is 18.4. The molecule has 0 atom stereocenters. The second-order valence-corrected chi connectivity index (χ2v) is 14.7. The molecule has 0 saturated heterocycles. The second kappa shape index (κ2) is 13.7. The minimum absolute atomic E-state index is 1.10. The molecule has 0 radical (unpaired) electrons. The van der Waals surface area contributed by atoms with Crippen LogP contribution in [0.4, 0.5) is 17.1 Å². The fourth-order valence-corrected chi connectivity index (χ4v) is 9.25. The maximum Gasteiger partial charge on any atom is 0.0546 e. The lowest BCUT2D eigenvalue weighted by molar-refractivity contribution is 1.29. The Morgan fingerprint density at radius 3 is 1.70 bits per heavy atom. The number of hydrogen-bond donors (Lipinski definition) is 0. The highest BCUT2D eigenvalue weighted by atomic mass is 32.1. The molecule has 0 aliphatic rings. The maximum absolute atomic E-state index is 2.50. The number of para-hydroxylation sites is 1. The molecule has 0 unspecified atom stereocenters. The Balaban J connectivity index is 1.31. The number of hydrogen-bond acceptors (Lipinski definition) is 2. The van der Waals surface area contributed by atoms with Gasteiger partial charge in [0.25, 0.3) is 0 Å². The van der Waals surface area contributed by atoms with Crippen molar-refractivity contribution in [1.29, 1.82) is 0 Å². The summed E-state index contributed by atoms with van der Waals surface area (Å²) >= 11 is 1.88. The molecule has 0 amide bonds. The summed E-state index contributed by atoms with van der Waals surface area (Å²) in [6.07, 6.45) is 0. The highest BCUT2D eigenvalue weighted by molar-refractivity contribution is 7.26. The van der Waals surface area contributed by atoms with E-state index in [1.165, 1.54) is 75.5 Å². The number of benzene rings is 9. The molecule has 1 aromatic heterocycles. The molecule has 0 saturated carbocycles. The van der Waals surface area contributed by atoms with Crippen molar-refractivity contribution in [2.75, 3.05) is 4.90 Å². The summed E-state index contributed by atoms with van der Waals surface area (Å²) in [6, 6.07) is 77.3. The fraction of sp³-hybridized carbons (Fsp3) is 0. The second-order valence-electron chi connectivity index (χ2n) is 13.6. The molecular formula is C52H35NS. The van der Waals surface area contributed by atoms with Gasteiger partial charge in [0.1, 0.15) is 0 Å². The summed E-state index contributed by atoms with van der Waals surface area (Å²) in [6.45, 7) is 0. The Hall–Kier alpha value is -6.74. The van der Waals surface area contributed by atoms with Gasteiger partial charge in [-0.1, -0.05) is 182 Å². The molecule has 254 valence electrons. The standard InChI is InChI=1S/C52H35NS/c1-3-18-37(19-4-1)41-23-9-10-26-45(41)51-42(38-20-5-2-6-21-38)27-16-31-49(51)53(40-34-33-36-17-7-8-22-39(36)35-40)48-30-13-11-24-43(48)46-28-15-29-47-44-25-12-14-32-50(44)54-52(46)47/h1-35H. The zero-order valence-corrected chi connectivity index (χ0v) is 30.4. The highest BCUT2D eigenvalue weighted by Gasteiger charge is 2.25. The van der Waals surface area contributed by atoms with E-state index in [-0.39, 0.29) is 0 Å². The number of thiophene rings is 1. The van der Waals surface area contributed by atoms with E-state index >= 15 is 0 Å². The van der Waals surface area contributed by atoms with E-state index in [9.17, 15) is 0 Å². The summed E-state index contributed by atoms with van der Waals surface area (Å²) < 4.78 is 2.61. The molecule has 1 heterocycles. The molecule has 10 rings (SSSR count). The minimum Gasteiger partial charge on any atom is -0.309 e. The number of rotatable bonds is 7. The predicted octanol–water partition coefficient (Wildman–Crippen LogP) is 15.3. The van der Waals surface area contributed by atoms with Crippen LogP contribution in [0.2, 0.25) is 0 Å². The van der Waals surface area contributed by atoms with Gasteiger partial charge >= 0.3 is 0 Å². The van der Waals surface area contributed by atoms with Gasteiger partial charge in [0.15, 0.2) is 0 Å². The van der Waals surface area contributed by atoms with E-state index < -0.39 is 0 Å². The normalized spacial score (nSPS) is 11.3. The van der Waals surface area contributed by atoms with Crippen LogP contribution in [-0.2, 0) is 0 Å². The molecule has 0 aliphatic heterocycles. The van der Waals surface area contributed by atoms with E-state index in [2.05, 4.69) is 217 Å². The molecule has 0 aliphatic carbocycles. The van der Waals surface area contributed by atoms with E-state index in [0.29, 0.717) is 0 Å². The average Bonchev–Trinajstić information content (AvgIpc) is 3.64. The largest absolute Gasteiger partial charge is 0.309 e. The van der Waals surface area contributed by atoms with Crippen LogP contribution in [0.1, 0.15) is 0 Å². The van der Waals surface area contributed by atoms with E-state index in [1.54, 1.807) is 0 Å². The monoisotopic (exact) mass is 705 g/mol. The lowest BCUT2D eigenvalue weighted by Gasteiger charge is -2.31. The zero-order chi connectivity index (χ0) is 35.8. The van der Waals surface area contributed by atoms with Crippen LogP contribution in [-0.4, -0.2) is 0 Å². The van der Waals surface area contributed by atoms with Crippen molar-refractivity contribution in [1.82, 2.24) is 0 Å². The summed E-state index contributed by atoms with van der Waals surface area (Å²) in [4.78, 5) is 2.50. The topological polar surface area (TPSA) is 3.24 Å². The Kier molecular flexibility index (Phi) is 8.09. The van der Waals surface area contributed by atoms with Crippen LogP contribution < -0.4 is 4.90 Å². The third kappa shape index (κ3) is 5.56. The van der Waals surface area contributed by atoms with Gasteiger partial charge < -0.3 is 4.90 Å². The van der Waals surface area contributed by atoms with Crippen LogP contribution in [0.15, 0.2) is 212 Å². The molecule has 54 heavy (non-hydrogen) atoms. The van der Waals surface area contributed by atoms with E-state index in [4.69, 9.17) is 0 Å². The number of nitrogens with zero attached hydrogens (tertiary/aromatic N) is 1. The average molecular weight is 706 g/mol. The smallest absolute Gasteiger partial charge is 0.0546 e. The molecular weight excluding hydrogens is 671 g/mol. The van der Waals surface area contributed by atoms with E-state index in [1.807, 2.05) is 11.3 Å². The van der Waals surface area contributed by atoms with Crippen molar-refractivity contribution >= 4 is 59.3 Å². The molecule has 0 spiro atoms. The van der Waals surface area contributed by atoms with Crippen LogP contribution in [0.3, 0.4) is 0 Å². The maximum atomic E-state index is 2.50. The quantitative estimate of drug-likeness (QED) is 0.160. The number of anilines is 3. The lowest BCUT2D eigenvalue weighted by atomic mass is 9.87. The van der Waals surface area contributed by atoms with Gasteiger partial charge in [-0.05, 0) is 68.9 Å². The summed E-state index contributed by atoms with van der Waals surface area (Å²) in [5.41, 5.74) is 12.9. The van der Waals surface area contributed by atoms with Crippen LogP contribution in [0.5, 0.6) is 0 Å². The van der Waals surface area contributed by atoms with Crippen molar-refractivity contribution in [2.24, 2.45) is 0 Å². The Morgan fingerprint density at radius 2 is 0.889 bits per heavy atom. The van der Waals surface area contributed by atoms with Crippen molar-refractivity contribution in [3.63, 3.8) is 0 Å². The first-order valence-corrected chi connectivity index (χ1v) is 19.3. The number of fused-ring (bicyclic) bond motifs is 4. The first kappa shape index (κ1) is 32.0. The molecule has 1 nitrogen and oxygen atoms in total. The molecule has 9 aromatic carbocycles. The van der Waals surface area contributed by atoms with Crippen molar-refractivity contribution in [3.05, 3.63) is 212 Å². The predicted molar refractivity (Wildman–Crippen MR) is 233 cm³/mol. The van der Waals surface area contributed by atoms with Gasteiger partial charge in [-0.3, -0.25) is 0 Å². The molecule has 0 N–H and O–H groups in total. The zero-order valence-electron chi connectivity index (χ0n) is 29.6. The summed E-state index contributed by atoms with van der Waals surface area (Å²) in [7, 11) is 0. The van der Waals surface area contributed by atoms with Crippen molar-refractivity contribution in [2.45, 2.75) is 0 Å². The minimum atomic E-state index is 1.10. The molecule has 2 heteroatoms. The first-order chi connectivity index (χ1) is 26.8. The van der Waals surface area contributed by atoms with Crippen LogP contribution >= 0.6 is 11.3 Å². The van der Waals surface area contributed by atoms with Gasteiger partial charge in [0.2, 0.25) is 0 Å². The van der Waals surface area contributed by atoms with Gasteiger partial charge in [-0.25, -0.2) is 0 Å². The third-order valence-corrected chi connectivity index (χ3v) is 11.7. The van der Waals surface area contributed by atoms with Gasteiger partial charge in [0.05, 0.1) is 11.4 Å². The van der Waals surface area contributed by atoms with Crippen LogP contribution in [0.25, 0.3) is 75.5 Å². The Morgan fingerprint density at radius 1 is 0.333 bits per heavy atom. The van der Waals surface area contributed by atoms with Gasteiger partial charge in [-0.15, -0.1) is 11.3 Å². The SMILES string of the molecule is c1ccc(-c2ccccc2-c2c(-c3ccccc3)cccc2N(c2ccc3ccccc3c2)c2ccccc2-c2cccc3c2sc2ccccc23)cc1. The van der Waals surface area contributed by atoms with Crippen molar-refractivity contribution < 1.29 is 0 Å². The Labute approximate surface area is 319 Å². The third-order valence-electron chi connectivity index (χ3n) is 10.5. The highest BCUT2D eigenvalue weighted by Crippen LogP contribution is 2.51. The molecule has 0 bridgehead atoms. The van der Waals surface area contributed by atoms with Gasteiger partial charge in [-0.2, -0.15) is 0 Å². The van der Waals surface area contributed by atoms with Crippen LogP contribution in [0, 0.1) is 0 Å². The lowest BCUT2D eigenvalue weighted by Crippen LogP contribution is -2.13. The molecule has 0 fully saturated rings. The summed E-state index contributed by atoms with van der Waals surface area (Å²) in [5.74, 6) is 0. The summed E-state index contributed by atoms with van der Waals surface area (Å²) in [5, 5.41) is 5.02. The van der Waals surface area contributed by atoms with Gasteiger partial charge in [0, 0.05) is 42.6 Å². The fourth-order valence-electron chi connectivity index (χ4n) is 8.02.